The summed E-state index contributed by atoms with van der Waals surface area (Å²) in [7, 11) is 0. The van der Waals surface area contributed by atoms with E-state index in [1.807, 2.05) is 6.92 Å². The first-order valence-electron chi connectivity index (χ1n) is 11.3. The minimum atomic E-state index is -0.685. The van der Waals surface area contributed by atoms with E-state index in [4.69, 9.17) is 4.74 Å². The smallest absolute Gasteiger partial charge is 0.308 e. The summed E-state index contributed by atoms with van der Waals surface area (Å²) in [5.74, 6) is 0.730. The number of hydrogen-bond donors (Lipinski definition) is 2. The zero-order chi connectivity index (χ0) is 21.1. The zero-order valence-electron chi connectivity index (χ0n) is 17.9. The van der Waals surface area contributed by atoms with E-state index in [-0.39, 0.29) is 24.4 Å². The van der Waals surface area contributed by atoms with Crippen molar-refractivity contribution >= 4 is 11.9 Å². The SMILES string of the molecule is CC[C@@H](C[C@@H]1C[C@@H](C)C=C2C=C[C@H](C)[C@H](CC[C@@H]3C[C@@H](O)CC(=O)O3)[C@H]21)C(=O)O. The number of fused-ring (bicyclic) bond motifs is 1. The molecular weight excluding hydrogens is 368 g/mol. The fourth-order valence-electron chi connectivity index (χ4n) is 5.81. The van der Waals surface area contributed by atoms with Crippen LogP contribution in [0.15, 0.2) is 23.8 Å². The van der Waals surface area contributed by atoms with Crippen molar-refractivity contribution in [2.24, 2.45) is 35.5 Å². The normalized spacial score (nSPS) is 38.0. The Kier molecular flexibility index (Phi) is 7.20. The van der Waals surface area contributed by atoms with Gasteiger partial charge in [0, 0.05) is 6.42 Å². The van der Waals surface area contributed by atoms with Gasteiger partial charge in [-0.05, 0) is 67.3 Å². The lowest BCUT2D eigenvalue weighted by Gasteiger charge is -2.45. The highest BCUT2D eigenvalue weighted by molar-refractivity contribution is 5.71. The summed E-state index contributed by atoms with van der Waals surface area (Å²) in [6, 6.07) is 0. The molecule has 0 unspecified atom stereocenters. The third kappa shape index (κ3) is 5.30. The number of aliphatic carboxylic acids is 1. The van der Waals surface area contributed by atoms with Gasteiger partial charge < -0.3 is 14.9 Å². The Morgan fingerprint density at radius 2 is 2.03 bits per heavy atom. The molecule has 1 heterocycles. The van der Waals surface area contributed by atoms with E-state index in [9.17, 15) is 19.8 Å². The van der Waals surface area contributed by atoms with Gasteiger partial charge in [-0.3, -0.25) is 9.59 Å². The minimum absolute atomic E-state index is 0.0993. The summed E-state index contributed by atoms with van der Waals surface area (Å²) < 4.78 is 5.47. The highest BCUT2D eigenvalue weighted by Gasteiger charge is 2.41. The molecule has 1 aliphatic heterocycles. The van der Waals surface area contributed by atoms with Gasteiger partial charge in [0.2, 0.25) is 0 Å². The van der Waals surface area contributed by atoms with Crippen molar-refractivity contribution in [3.05, 3.63) is 23.8 Å². The molecule has 0 bridgehead atoms. The molecule has 5 nitrogen and oxygen atoms in total. The predicted molar refractivity (Wildman–Crippen MR) is 111 cm³/mol. The number of hydrogen-bond acceptors (Lipinski definition) is 4. The van der Waals surface area contributed by atoms with Crippen LogP contribution < -0.4 is 0 Å². The van der Waals surface area contributed by atoms with Crippen molar-refractivity contribution in [1.29, 1.82) is 0 Å². The lowest BCUT2D eigenvalue weighted by Crippen LogP contribution is -2.38. The molecule has 2 aliphatic carbocycles. The van der Waals surface area contributed by atoms with Crippen molar-refractivity contribution in [3.8, 4) is 0 Å². The average molecular weight is 405 g/mol. The third-order valence-electron chi connectivity index (χ3n) is 7.26. The Morgan fingerprint density at radius 3 is 2.69 bits per heavy atom. The Hall–Kier alpha value is -1.62. The molecule has 5 heteroatoms. The summed E-state index contributed by atoms with van der Waals surface area (Å²) in [4.78, 5) is 23.4. The van der Waals surface area contributed by atoms with Gasteiger partial charge in [-0.2, -0.15) is 0 Å². The van der Waals surface area contributed by atoms with Gasteiger partial charge in [0.05, 0.1) is 18.4 Å². The zero-order valence-corrected chi connectivity index (χ0v) is 17.9. The number of carboxylic acids is 1. The highest BCUT2D eigenvalue weighted by Crippen LogP contribution is 2.48. The molecule has 0 spiro atoms. The van der Waals surface area contributed by atoms with Gasteiger partial charge in [-0.25, -0.2) is 0 Å². The number of aliphatic hydroxyl groups is 1. The quantitative estimate of drug-likeness (QED) is 0.616. The lowest BCUT2D eigenvalue weighted by atomic mass is 9.60. The predicted octanol–water partition coefficient (Wildman–Crippen LogP) is 4.35. The molecule has 3 rings (SSSR count). The average Bonchev–Trinajstić information content (AvgIpc) is 2.64. The van der Waals surface area contributed by atoms with E-state index in [0.29, 0.717) is 42.4 Å². The largest absolute Gasteiger partial charge is 0.481 e. The number of carbonyl (C=O) groups is 2. The van der Waals surface area contributed by atoms with Gasteiger partial charge in [0.15, 0.2) is 0 Å². The van der Waals surface area contributed by atoms with Crippen molar-refractivity contribution < 1.29 is 24.5 Å². The van der Waals surface area contributed by atoms with Crippen LogP contribution in [-0.4, -0.2) is 34.4 Å². The van der Waals surface area contributed by atoms with Crippen molar-refractivity contribution in [3.63, 3.8) is 0 Å². The van der Waals surface area contributed by atoms with Crippen LogP contribution in [0.25, 0.3) is 0 Å². The van der Waals surface area contributed by atoms with Crippen LogP contribution in [0.2, 0.25) is 0 Å². The van der Waals surface area contributed by atoms with Crippen LogP contribution in [0.3, 0.4) is 0 Å². The molecule has 29 heavy (non-hydrogen) atoms. The molecule has 0 aromatic carbocycles. The maximum atomic E-state index is 11.7. The lowest BCUT2D eigenvalue weighted by molar-refractivity contribution is -0.160. The first-order chi connectivity index (χ1) is 13.8. The summed E-state index contributed by atoms with van der Waals surface area (Å²) in [6.45, 7) is 6.43. The molecule has 2 N–H and O–H groups in total. The van der Waals surface area contributed by atoms with Gasteiger partial charge in [-0.1, -0.05) is 39.0 Å². The van der Waals surface area contributed by atoms with Crippen molar-refractivity contribution in [2.75, 3.05) is 0 Å². The summed E-state index contributed by atoms with van der Waals surface area (Å²) >= 11 is 0. The number of allylic oxidation sites excluding steroid dienone is 4. The molecule has 1 fully saturated rings. The number of cyclic esters (lactones) is 1. The van der Waals surface area contributed by atoms with Crippen LogP contribution in [0.1, 0.15) is 65.7 Å². The summed E-state index contributed by atoms with van der Waals surface area (Å²) in [6.07, 6.45) is 10.8. The Balaban J connectivity index is 1.76. The Labute approximate surface area is 174 Å². The van der Waals surface area contributed by atoms with E-state index in [0.717, 1.165) is 25.7 Å². The summed E-state index contributed by atoms with van der Waals surface area (Å²) in [5, 5.41) is 19.5. The maximum absolute atomic E-state index is 11.7. The topological polar surface area (TPSA) is 83.8 Å². The molecule has 0 aromatic heterocycles. The van der Waals surface area contributed by atoms with Crippen molar-refractivity contribution in [1.82, 2.24) is 0 Å². The van der Waals surface area contributed by atoms with Gasteiger partial charge >= 0.3 is 11.9 Å². The van der Waals surface area contributed by atoms with Crippen molar-refractivity contribution in [2.45, 2.75) is 77.9 Å². The monoisotopic (exact) mass is 404 g/mol. The van der Waals surface area contributed by atoms with Crippen LogP contribution in [-0.2, 0) is 14.3 Å². The van der Waals surface area contributed by atoms with Gasteiger partial charge in [-0.15, -0.1) is 0 Å². The molecule has 0 saturated carbocycles. The number of esters is 1. The van der Waals surface area contributed by atoms with Gasteiger partial charge in [0.1, 0.15) is 6.10 Å². The molecule has 1 saturated heterocycles. The highest BCUT2D eigenvalue weighted by atomic mass is 16.5. The van der Waals surface area contributed by atoms with Crippen LogP contribution in [0.4, 0.5) is 0 Å². The number of carbonyl (C=O) groups excluding carboxylic acids is 1. The van der Waals surface area contributed by atoms with E-state index in [2.05, 4.69) is 32.1 Å². The fourth-order valence-corrected chi connectivity index (χ4v) is 5.81. The number of ether oxygens (including phenoxy) is 1. The molecule has 162 valence electrons. The minimum Gasteiger partial charge on any atom is -0.481 e. The van der Waals surface area contributed by atoms with Crippen LogP contribution >= 0.6 is 0 Å². The second-order valence-electron chi connectivity index (χ2n) is 9.51. The van der Waals surface area contributed by atoms with Crippen LogP contribution in [0.5, 0.6) is 0 Å². The maximum Gasteiger partial charge on any atom is 0.308 e. The van der Waals surface area contributed by atoms with Crippen LogP contribution in [0, 0.1) is 35.5 Å². The fraction of sp³-hybridized carbons (Fsp3) is 0.750. The molecule has 0 radical (unpaired) electrons. The van der Waals surface area contributed by atoms with Gasteiger partial charge in [0.25, 0.3) is 0 Å². The molecule has 0 aromatic rings. The van der Waals surface area contributed by atoms with E-state index in [1.54, 1.807) is 0 Å². The van der Waals surface area contributed by atoms with E-state index < -0.39 is 12.1 Å². The number of rotatable bonds is 7. The molecule has 8 atom stereocenters. The Bertz CT molecular complexity index is 666. The second-order valence-corrected chi connectivity index (χ2v) is 9.51. The third-order valence-corrected chi connectivity index (χ3v) is 7.26. The Morgan fingerprint density at radius 1 is 1.28 bits per heavy atom. The number of aliphatic hydroxyl groups excluding tert-OH is 1. The molecule has 0 amide bonds. The number of carboxylic acid groups (broad SMARTS) is 1. The van der Waals surface area contributed by atoms with E-state index >= 15 is 0 Å². The standard InChI is InChI=1S/C24H36O5/c1-4-16(24(27)28)11-18-10-14(2)9-17-6-5-15(3)21(23(17)18)8-7-20-12-19(25)13-22(26)29-20/h5-6,9,14-16,18-21,23,25H,4,7-8,10-13H2,1-3H3,(H,27,28)/t14-,15-,16-,18-,19+,20+,21-,23+/m0/s1. The molecule has 3 aliphatic rings. The second kappa shape index (κ2) is 9.46. The first-order valence-corrected chi connectivity index (χ1v) is 11.3. The first kappa shape index (κ1) is 22.1. The van der Waals surface area contributed by atoms with E-state index in [1.165, 1.54) is 5.57 Å². The molecular formula is C24H36O5. The summed E-state index contributed by atoms with van der Waals surface area (Å²) in [5.41, 5.74) is 1.36.